The number of hydrogen-bond donors (Lipinski definition) is 1. The predicted molar refractivity (Wildman–Crippen MR) is 92.2 cm³/mol. The van der Waals surface area contributed by atoms with Crippen LogP contribution in [0.15, 0.2) is 53.7 Å². The van der Waals surface area contributed by atoms with Crippen molar-refractivity contribution in [1.29, 1.82) is 0 Å². The Hall–Kier alpha value is -2.74. The van der Waals surface area contributed by atoms with Crippen molar-refractivity contribution in [3.63, 3.8) is 0 Å². The van der Waals surface area contributed by atoms with Gasteiger partial charge in [-0.25, -0.2) is 8.78 Å². The van der Waals surface area contributed by atoms with Crippen LogP contribution in [0.4, 0.5) is 14.5 Å². The molecule has 0 spiro atoms. The molecule has 0 saturated heterocycles. The number of benzene rings is 2. The zero-order valence-electron chi connectivity index (χ0n) is 13.2. The number of aromatic nitrogens is 3. The Morgan fingerprint density at radius 1 is 1.08 bits per heavy atom. The molecule has 1 aromatic heterocycles. The molecule has 128 valence electrons. The second-order valence-electron chi connectivity index (χ2n) is 5.16. The van der Waals surface area contributed by atoms with Crippen LogP contribution in [0.25, 0.3) is 11.4 Å². The maximum atomic E-state index is 13.9. The highest BCUT2D eigenvalue weighted by atomic mass is 32.2. The Labute approximate surface area is 147 Å². The van der Waals surface area contributed by atoms with Gasteiger partial charge in [0, 0.05) is 7.05 Å². The number of nitrogens with zero attached hydrogens (tertiary/aromatic N) is 3. The van der Waals surface area contributed by atoms with E-state index in [0.717, 1.165) is 11.8 Å². The third-order valence-corrected chi connectivity index (χ3v) is 4.45. The van der Waals surface area contributed by atoms with Crippen LogP contribution in [-0.2, 0) is 11.8 Å². The minimum atomic E-state index is -0.499. The second-order valence-corrected chi connectivity index (χ2v) is 6.10. The van der Waals surface area contributed by atoms with Crippen LogP contribution in [0.2, 0.25) is 0 Å². The lowest BCUT2D eigenvalue weighted by Gasteiger charge is -2.06. The number of para-hydroxylation sites is 1. The van der Waals surface area contributed by atoms with Gasteiger partial charge in [-0.05, 0) is 24.3 Å². The van der Waals surface area contributed by atoms with Gasteiger partial charge in [0.1, 0.15) is 11.6 Å². The summed E-state index contributed by atoms with van der Waals surface area (Å²) in [5.74, 6) is -0.869. The summed E-state index contributed by atoms with van der Waals surface area (Å²) < 4.78 is 29.0. The summed E-state index contributed by atoms with van der Waals surface area (Å²) in [5, 5.41) is 10.9. The molecule has 5 nitrogen and oxygen atoms in total. The van der Waals surface area contributed by atoms with Crippen LogP contribution in [0.1, 0.15) is 0 Å². The molecule has 25 heavy (non-hydrogen) atoms. The third-order valence-electron chi connectivity index (χ3n) is 3.43. The normalized spacial score (nSPS) is 10.7. The topological polar surface area (TPSA) is 59.8 Å². The van der Waals surface area contributed by atoms with E-state index in [4.69, 9.17) is 0 Å². The molecular formula is C17H14F2N4OS. The minimum absolute atomic E-state index is 0.0254. The van der Waals surface area contributed by atoms with Crippen molar-refractivity contribution in [2.24, 2.45) is 7.05 Å². The van der Waals surface area contributed by atoms with E-state index >= 15 is 0 Å². The fourth-order valence-electron chi connectivity index (χ4n) is 2.20. The Morgan fingerprint density at radius 2 is 1.76 bits per heavy atom. The van der Waals surface area contributed by atoms with Gasteiger partial charge >= 0.3 is 0 Å². The highest BCUT2D eigenvalue weighted by Crippen LogP contribution is 2.24. The molecule has 1 heterocycles. The summed E-state index contributed by atoms with van der Waals surface area (Å²) in [6.45, 7) is 0. The first kappa shape index (κ1) is 17.1. The number of amides is 1. The zero-order chi connectivity index (χ0) is 17.8. The molecule has 0 bridgehead atoms. The van der Waals surface area contributed by atoms with E-state index in [1.54, 1.807) is 41.9 Å². The minimum Gasteiger partial charge on any atom is -0.323 e. The molecule has 0 atom stereocenters. The van der Waals surface area contributed by atoms with Crippen molar-refractivity contribution in [2.45, 2.75) is 5.16 Å². The maximum Gasteiger partial charge on any atom is 0.234 e. The lowest BCUT2D eigenvalue weighted by atomic mass is 10.2. The highest BCUT2D eigenvalue weighted by molar-refractivity contribution is 7.99. The SMILES string of the molecule is Cn1c(SCC(=O)Nc2ccccc2F)nnc1-c1ccccc1F. The molecule has 2 aromatic carbocycles. The monoisotopic (exact) mass is 360 g/mol. The third kappa shape index (κ3) is 3.85. The molecule has 0 radical (unpaired) electrons. The molecule has 0 fully saturated rings. The molecule has 0 aliphatic carbocycles. The largest absolute Gasteiger partial charge is 0.323 e. The number of hydrogen-bond acceptors (Lipinski definition) is 4. The number of nitrogens with one attached hydrogen (secondary N) is 1. The second kappa shape index (κ2) is 7.43. The van der Waals surface area contributed by atoms with Gasteiger partial charge in [-0.2, -0.15) is 0 Å². The Bertz CT molecular complexity index is 913. The average Bonchev–Trinajstić information content (AvgIpc) is 2.96. The van der Waals surface area contributed by atoms with Gasteiger partial charge in [-0.15, -0.1) is 10.2 Å². The van der Waals surface area contributed by atoms with Crippen LogP contribution < -0.4 is 5.32 Å². The molecule has 0 saturated carbocycles. The Morgan fingerprint density at radius 3 is 2.48 bits per heavy atom. The van der Waals surface area contributed by atoms with Crippen molar-refractivity contribution < 1.29 is 13.6 Å². The number of rotatable bonds is 5. The fraction of sp³-hybridized carbons (Fsp3) is 0.118. The van der Waals surface area contributed by atoms with E-state index in [9.17, 15) is 13.6 Å². The first-order chi connectivity index (χ1) is 12.1. The molecule has 3 rings (SSSR count). The Balaban J connectivity index is 1.67. The van der Waals surface area contributed by atoms with Crippen LogP contribution in [-0.4, -0.2) is 26.4 Å². The highest BCUT2D eigenvalue weighted by Gasteiger charge is 2.15. The molecule has 0 aliphatic rings. The molecule has 1 N–H and O–H groups in total. The summed E-state index contributed by atoms with van der Waals surface area (Å²) in [5.41, 5.74) is 0.457. The van der Waals surface area contributed by atoms with Crippen molar-refractivity contribution in [3.8, 4) is 11.4 Å². The van der Waals surface area contributed by atoms with Gasteiger partial charge in [-0.1, -0.05) is 36.0 Å². The lowest BCUT2D eigenvalue weighted by molar-refractivity contribution is -0.113. The number of carbonyl (C=O) groups excluding carboxylic acids is 1. The smallest absolute Gasteiger partial charge is 0.234 e. The predicted octanol–water partition coefficient (Wildman–Crippen LogP) is 3.49. The van der Waals surface area contributed by atoms with E-state index in [2.05, 4.69) is 15.5 Å². The molecule has 0 aliphatic heterocycles. The molecular weight excluding hydrogens is 346 g/mol. The first-order valence-electron chi connectivity index (χ1n) is 7.37. The summed E-state index contributed by atoms with van der Waals surface area (Å²) in [6, 6.07) is 12.2. The maximum absolute atomic E-state index is 13.9. The zero-order valence-corrected chi connectivity index (χ0v) is 14.1. The summed E-state index contributed by atoms with van der Waals surface area (Å²) in [6.07, 6.45) is 0. The van der Waals surface area contributed by atoms with Gasteiger partial charge < -0.3 is 9.88 Å². The van der Waals surface area contributed by atoms with Gasteiger partial charge in [0.05, 0.1) is 17.0 Å². The van der Waals surface area contributed by atoms with E-state index in [1.165, 1.54) is 18.2 Å². The van der Waals surface area contributed by atoms with E-state index in [1.807, 2.05) is 0 Å². The average molecular weight is 360 g/mol. The summed E-state index contributed by atoms with van der Waals surface area (Å²) >= 11 is 1.13. The summed E-state index contributed by atoms with van der Waals surface area (Å²) in [4.78, 5) is 12.0. The first-order valence-corrected chi connectivity index (χ1v) is 8.36. The van der Waals surface area contributed by atoms with E-state index in [-0.39, 0.29) is 17.3 Å². The Kier molecular flexibility index (Phi) is 5.08. The van der Waals surface area contributed by atoms with Gasteiger partial charge in [0.25, 0.3) is 0 Å². The van der Waals surface area contributed by atoms with Crippen molar-refractivity contribution >= 4 is 23.4 Å². The molecule has 8 heteroatoms. The van der Waals surface area contributed by atoms with Gasteiger partial charge in [0.15, 0.2) is 11.0 Å². The van der Waals surface area contributed by atoms with Crippen LogP contribution in [0.3, 0.4) is 0 Å². The van der Waals surface area contributed by atoms with Crippen molar-refractivity contribution in [1.82, 2.24) is 14.8 Å². The van der Waals surface area contributed by atoms with E-state index in [0.29, 0.717) is 16.5 Å². The number of thioether (sulfide) groups is 1. The van der Waals surface area contributed by atoms with E-state index < -0.39 is 11.6 Å². The number of halogens is 2. The van der Waals surface area contributed by atoms with Crippen LogP contribution >= 0.6 is 11.8 Å². The lowest BCUT2D eigenvalue weighted by Crippen LogP contribution is -2.15. The molecule has 1 amide bonds. The molecule has 0 unspecified atom stereocenters. The fourth-order valence-corrected chi connectivity index (χ4v) is 2.91. The summed E-state index contributed by atoms with van der Waals surface area (Å²) in [7, 11) is 1.69. The quantitative estimate of drug-likeness (QED) is 0.708. The van der Waals surface area contributed by atoms with Gasteiger partial charge in [0.2, 0.25) is 5.91 Å². The van der Waals surface area contributed by atoms with Crippen molar-refractivity contribution in [2.75, 3.05) is 11.1 Å². The van der Waals surface area contributed by atoms with Gasteiger partial charge in [-0.3, -0.25) is 4.79 Å². The number of carbonyl (C=O) groups is 1. The van der Waals surface area contributed by atoms with Crippen LogP contribution in [0, 0.1) is 11.6 Å². The molecule has 3 aromatic rings. The number of anilines is 1. The van der Waals surface area contributed by atoms with Crippen molar-refractivity contribution in [3.05, 3.63) is 60.2 Å². The standard InChI is InChI=1S/C17H14F2N4OS/c1-23-16(11-6-2-3-7-12(11)18)21-22-17(23)25-10-15(24)20-14-9-5-4-8-13(14)19/h2-9H,10H2,1H3,(H,20,24). The van der Waals surface area contributed by atoms with Crippen LogP contribution in [0.5, 0.6) is 0 Å².